The Balaban J connectivity index is 2.41. The number of aryl methyl sites for hydroxylation is 1. The molecule has 0 nitrogen and oxygen atoms in total. The van der Waals surface area contributed by atoms with Crippen LogP contribution in [0.4, 0.5) is 13.2 Å². The average Bonchev–Trinajstić information content (AvgIpc) is 2.28. The van der Waals surface area contributed by atoms with Gasteiger partial charge >= 0.3 is 6.18 Å². The normalized spacial score (nSPS) is 11.6. The molecule has 0 aromatic heterocycles. The summed E-state index contributed by atoms with van der Waals surface area (Å²) < 4.78 is 38.4. The molecule has 0 unspecified atom stereocenters. The predicted octanol–water partition coefficient (Wildman–Crippen LogP) is 5.29. The number of alkyl halides is 3. The van der Waals surface area contributed by atoms with Gasteiger partial charge in [0.05, 0.1) is 5.56 Å². The van der Waals surface area contributed by atoms with Gasteiger partial charge in [0.2, 0.25) is 0 Å². The van der Waals surface area contributed by atoms with Crippen LogP contribution in [0.5, 0.6) is 0 Å². The van der Waals surface area contributed by atoms with E-state index in [0.29, 0.717) is 0 Å². The van der Waals surface area contributed by atoms with E-state index in [9.17, 15) is 13.2 Å². The van der Waals surface area contributed by atoms with E-state index in [4.69, 9.17) is 0 Å². The van der Waals surface area contributed by atoms with E-state index < -0.39 is 11.7 Å². The van der Waals surface area contributed by atoms with Crippen LogP contribution >= 0.6 is 22.6 Å². The second kappa shape index (κ2) is 4.91. The average molecular weight is 362 g/mol. The zero-order valence-corrected chi connectivity index (χ0v) is 11.7. The topological polar surface area (TPSA) is 0 Å². The lowest BCUT2D eigenvalue weighted by Crippen LogP contribution is -2.04. The highest BCUT2D eigenvalue weighted by Gasteiger charge is 2.29. The fraction of sp³-hybridized carbons (Fsp3) is 0.143. The van der Waals surface area contributed by atoms with Crippen molar-refractivity contribution in [3.8, 4) is 11.1 Å². The summed E-state index contributed by atoms with van der Waals surface area (Å²) in [6.07, 6.45) is -4.28. The Morgan fingerprint density at radius 3 is 2.06 bits per heavy atom. The molecule has 0 heterocycles. The lowest BCUT2D eigenvalue weighted by molar-refractivity contribution is -0.137. The molecule has 0 saturated carbocycles. The second-order valence-corrected chi connectivity index (χ2v) is 5.22. The minimum absolute atomic E-state index is 0.617. The van der Waals surface area contributed by atoms with Crippen molar-refractivity contribution < 1.29 is 13.2 Å². The number of hydrogen-bond acceptors (Lipinski definition) is 0. The molecule has 94 valence electrons. The fourth-order valence-electron chi connectivity index (χ4n) is 1.69. The molecule has 0 atom stereocenters. The lowest BCUT2D eigenvalue weighted by Gasteiger charge is -2.09. The van der Waals surface area contributed by atoms with Crippen LogP contribution in [-0.2, 0) is 6.18 Å². The highest BCUT2D eigenvalue weighted by molar-refractivity contribution is 14.1. The van der Waals surface area contributed by atoms with Crippen LogP contribution in [0.25, 0.3) is 11.1 Å². The molecule has 0 aliphatic carbocycles. The third kappa shape index (κ3) is 2.85. The van der Waals surface area contributed by atoms with Crippen LogP contribution in [0.3, 0.4) is 0 Å². The SMILES string of the molecule is Cc1ccc(-c2ccc(C(F)(F)F)cc2)c(I)c1. The van der Waals surface area contributed by atoms with Gasteiger partial charge in [-0.2, -0.15) is 13.2 Å². The molecule has 0 saturated heterocycles. The first-order valence-electron chi connectivity index (χ1n) is 5.32. The van der Waals surface area contributed by atoms with Crippen molar-refractivity contribution in [2.75, 3.05) is 0 Å². The van der Waals surface area contributed by atoms with Gasteiger partial charge in [-0.25, -0.2) is 0 Å². The van der Waals surface area contributed by atoms with Gasteiger partial charge in [0.1, 0.15) is 0 Å². The molecule has 0 fully saturated rings. The third-order valence-corrected chi connectivity index (χ3v) is 3.54. The van der Waals surface area contributed by atoms with Gasteiger partial charge in [0.25, 0.3) is 0 Å². The van der Waals surface area contributed by atoms with Crippen LogP contribution < -0.4 is 0 Å². The second-order valence-electron chi connectivity index (χ2n) is 4.06. The van der Waals surface area contributed by atoms with E-state index >= 15 is 0 Å². The smallest absolute Gasteiger partial charge is 0.166 e. The molecule has 0 radical (unpaired) electrons. The van der Waals surface area contributed by atoms with Gasteiger partial charge < -0.3 is 0 Å². The molecular formula is C14H10F3I. The first-order chi connectivity index (χ1) is 8.38. The lowest BCUT2D eigenvalue weighted by atomic mass is 10.0. The first kappa shape index (κ1) is 13.4. The summed E-state index contributed by atoms with van der Waals surface area (Å²) in [5.74, 6) is 0. The highest BCUT2D eigenvalue weighted by atomic mass is 127. The molecule has 2 rings (SSSR count). The summed E-state index contributed by atoms with van der Waals surface area (Å²) in [5, 5.41) is 0. The standard InChI is InChI=1S/C14H10F3I/c1-9-2-7-12(13(18)8-9)10-3-5-11(6-4-10)14(15,16)17/h2-8H,1H3. The molecule has 2 aromatic rings. The van der Waals surface area contributed by atoms with Crippen molar-refractivity contribution in [3.63, 3.8) is 0 Å². The summed E-state index contributed by atoms with van der Waals surface area (Å²) >= 11 is 2.19. The van der Waals surface area contributed by atoms with E-state index in [2.05, 4.69) is 22.6 Å². The Hall–Kier alpha value is -1.04. The number of hydrogen-bond donors (Lipinski definition) is 0. The predicted molar refractivity (Wildman–Crippen MR) is 74.3 cm³/mol. The molecule has 2 aromatic carbocycles. The van der Waals surface area contributed by atoms with Gasteiger partial charge in [-0.3, -0.25) is 0 Å². The maximum atomic E-state index is 12.5. The van der Waals surface area contributed by atoms with Gasteiger partial charge in [0, 0.05) is 3.57 Å². The Morgan fingerprint density at radius 2 is 1.56 bits per heavy atom. The van der Waals surface area contributed by atoms with Crippen molar-refractivity contribution in [3.05, 3.63) is 57.2 Å². The fourth-order valence-corrected chi connectivity index (χ4v) is 2.68. The molecule has 18 heavy (non-hydrogen) atoms. The van der Waals surface area contributed by atoms with Gasteiger partial charge in [-0.05, 0) is 58.8 Å². The summed E-state index contributed by atoms with van der Waals surface area (Å²) in [6, 6.07) is 11.1. The van der Waals surface area contributed by atoms with Crippen molar-refractivity contribution in [2.45, 2.75) is 13.1 Å². The molecule has 0 aliphatic heterocycles. The van der Waals surface area contributed by atoms with E-state index in [1.807, 2.05) is 25.1 Å². The van der Waals surface area contributed by atoms with Gasteiger partial charge in [0.15, 0.2) is 0 Å². The number of halogens is 4. The van der Waals surface area contributed by atoms with E-state index in [1.54, 1.807) is 0 Å². The summed E-state index contributed by atoms with van der Waals surface area (Å²) in [7, 11) is 0. The molecule has 0 aliphatic rings. The van der Waals surface area contributed by atoms with Crippen molar-refractivity contribution in [1.82, 2.24) is 0 Å². The van der Waals surface area contributed by atoms with Crippen molar-refractivity contribution in [2.24, 2.45) is 0 Å². The molecule has 0 bridgehead atoms. The Kier molecular flexibility index (Phi) is 3.66. The van der Waals surface area contributed by atoms with Gasteiger partial charge in [-0.1, -0.05) is 29.8 Å². The van der Waals surface area contributed by atoms with Crippen LogP contribution in [-0.4, -0.2) is 0 Å². The van der Waals surface area contributed by atoms with Crippen LogP contribution in [0.1, 0.15) is 11.1 Å². The van der Waals surface area contributed by atoms with E-state index in [0.717, 1.165) is 32.4 Å². The largest absolute Gasteiger partial charge is 0.416 e. The minimum Gasteiger partial charge on any atom is -0.166 e. The van der Waals surface area contributed by atoms with Crippen molar-refractivity contribution in [1.29, 1.82) is 0 Å². The number of benzene rings is 2. The Morgan fingerprint density at radius 1 is 0.944 bits per heavy atom. The molecular weight excluding hydrogens is 352 g/mol. The summed E-state index contributed by atoms with van der Waals surface area (Å²) in [6.45, 7) is 1.98. The zero-order valence-electron chi connectivity index (χ0n) is 9.55. The summed E-state index contributed by atoms with van der Waals surface area (Å²) in [5.41, 5.74) is 2.27. The highest BCUT2D eigenvalue weighted by Crippen LogP contribution is 2.32. The molecule has 0 spiro atoms. The van der Waals surface area contributed by atoms with E-state index in [1.165, 1.54) is 12.1 Å². The first-order valence-corrected chi connectivity index (χ1v) is 6.39. The Labute approximate surface area is 117 Å². The van der Waals surface area contributed by atoms with E-state index in [-0.39, 0.29) is 0 Å². The summed E-state index contributed by atoms with van der Waals surface area (Å²) in [4.78, 5) is 0. The maximum Gasteiger partial charge on any atom is 0.416 e. The Bertz CT molecular complexity index is 556. The zero-order chi connectivity index (χ0) is 13.3. The minimum atomic E-state index is -4.28. The quantitative estimate of drug-likeness (QED) is 0.605. The molecule has 0 amide bonds. The van der Waals surface area contributed by atoms with Crippen LogP contribution in [0, 0.1) is 10.5 Å². The third-order valence-electron chi connectivity index (χ3n) is 2.65. The molecule has 4 heteroatoms. The maximum absolute atomic E-state index is 12.5. The molecule has 0 N–H and O–H groups in total. The number of rotatable bonds is 1. The van der Waals surface area contributed by atoms with Crippen LogP contribution in [0.2, 0.25) is 0 Å². The monoisotopic (exact) mass is 362 g/mol. The van der Waals surface area contributed by atoms with Gasteiger partial charge in [-0.15, -0.1) is 0 Å². The van der Waals surface area contributed by atoms with Crippen LogP contribution in [0.15, 0.2) is 42.5 Å². The van der Waals surface area contributed by atoms with Crippen molar-refractivity contribution >= 4 is 22.6 Å².